The minimum atomic E-state index is -2.28. The minimum absolute atomic E-state index is 0.0316. The number of oxime groups is 1. The number of carbonyl (C=O) groups is 3. The van der Waals surface area contributed by atoms with Crippen molar-refractivity contribution >= 4 is 23.2 Å². The molecule has 6 N–H and O–H groups in total. The fourth-order valence-electron chi connectivity index (χ4n) is 4.44. The minimum Gasteiger partial charge on any atom is -0.507 e. The van der Waals surface area contributed by atoms with Gasteiger partial charge in [0, 0.05) is 18.6 Å². The zero-order valence-electron chi connectivity index (χ0n) is 18.2. The standard InChI is InChI=1S/C22H30N2O8/c1-12(24-32-2)15-3-4-17(27)21-16(15)8-13(9-18(21)28)7-14(5-6-25)22(31,11-26)19(29)10-20(23)30/h3-4,13-14,25-27,31H,5-11H2,1-2H3,(H2,23,30)/b24-12+/t13-,14?,22-/m1/s1. The molecule has 1 aromatic carbocycles. The summed E-state index contributed by atoms with van der Waals surface area (Å²) in [7, 11) is 1.39. The van der Waals surface area contributed by atoms with Crippen molar-refractivity contribution in [2.45, 2.75) is 44.6 Å². The van der Waals surface area contributed by atoms with Crippen LogP contribution in [0.3, 0.4) is 0 Å². The summed E-state index contributed by atoms with van der Waals surface area (Å²) in [6.45, 7) is 0.373. The number of ketones is 2. The number of aromatic hydroxyl groups is 1. The van der Waals surface area contributed by atoms with Gasteiger partial charge in [-0.2, -0.15) is 0 Å². The Morgan fingerprint density at radius 1 is 1.31 bits per heavy atom. The van der Waals surface area contributed by atoms with Crippen molar-refractivity contribution in [3.63, 3.8) is 0 Å². The van der Waals surface area contributed by atoms with Gasteiger partial charge in [-0.3, -0.25) is 14.4 Å². The second-order valence-electron chi connectivity index (χ2n) is 8.14. The fourth-order valence-corrected chi connectivity index (χ4v) is 4.44. The predicted octanol–water partition coefficient (Wildman–Crippen LogP) is 0.0643. The van der Waals surface area contributed by atoms with Crippen molar-refractivity contribution < 1.29 is 39.6 Å². The molecule has 1 aliphatic rings. The van der Waals surface area contributed by atoms with E-state index in [0.29, 0.717) is 23.3 Å². The number of phenols is 1. The van der Waals surface area contributed by atoms with E-state index >= 15 is 0 Å². The molecule has 2 rings (SSSR count). The SMILES string of the molecule is CO/N=C(\C)c1ccc(O)c2c1C[C@@H](CC(CCO)[C@](O)(CO)C(=O)CC(N)=O)CC2=O. The molecule has 1 unspecified atom stereocenters. The van der Waals surface area contributed by atoms with Gasteiger partial charge in [-0.05, 0) is 55.7 Å². The van der Waals surface area contributed by atoms with Gasteiger partial charge in [0.1, 0.15) is 18.5 Å². The van der Waals surface area contributed by atoms with Crippen LogP contribution in [-0.2, 0) is 20.8 Å². The number of fused-ring (bicyclic) bond motifs is 1. The van der Waals surface area contributed by atoms with Gasteiger partial charge in [-0.25, -0.2) is 0 Å². The fraction of sp³-hybridized carbons (Fsp3) is 0.545. The maximum absolute atomic E-state index is 12.9. The average molecular weight is 450 g/mol. The highest BCUT2D eigenvalue weighted by molar-refractivity contribution is 6.07. The monoisotopic (exact) mass is 450 g/mol. The molecule has 0 spiro atoms. The molecule has 0 aliphatic heterocycles. The molecule has 3 atom stereocenters. The molecule has 0 bridgehead atoms. The lowest BCUT2D eigenvalue weighted by Gasteiger charge is -2.36. The van der Waals surface area contributed by atoms with Crippen LogP contribution >= 0.6 is 0 Å². The summed E-state index contributed by atoms with van der Waals surface area (Å²) in [6, 6.07) is 3.05. The van der Waals surface area contributed by atoms with Crippen LogP contribution in [0.1, 0.15) is 54.1 Å². The number of nitrogens with two attached hydrogens (primary N) is 1. The Morgan fingerprint density at radius 2 is 2.00 bits per heavy atom. The second kappa shape index (κ2) is 10.7. The number of nitrogens with zero attached hydrogens (tertiary/aromatic N) is 1. The number of carbonyl (C=O) groups excluding carboxylic acids is 3. The van der Waals surface area contributed by atoms with E-state index < -0.39 is 36.2 Å². The van der Waals surface area contributed by atoms with Gasteiger partial charge in [0.25, 0.3) is 0 Å². The van der Waals surface area contributed by atoms with E-state index in [1.807, 2.05) is 0 Å². The Labute approximate surface area is 185 Å². The smallest absolute Gasteiger partial charge is 0.224 e. The zero-order valence-corrected chi connectivity index (χ0v) is 18.2. The number of Topliss-reactive ketones (excluding diaryl/α,β-unsaturated/α-hetero) is 2. The van der Waals surface area contributed by atoms with Crippen molar-refractivity contribution in [2.75, 3.05) is 20.3 Å². The van der Waals surface area contributed by atoms with E-state index in [9.17, 15) is 34.8 Å². The van der Waals surface area contributed by atoms with Gasteiger partial charge < -0.3 is 31.0 Å². The largest absolute Gasteiger partial charge is 0.507 e. The van der Waals surface area contributed by atoms with Crippen LogP contribution in [0.4, 0.5) is 0 Å². The third-order valence-electron chi connectivity index (χ3n) is 5.98. The lowest BCUT2D eigenvalue weighted by molar-refractivity contribution is -0.153. The highest BCUT2D eigenvalue weighted by Crippen LogP contribution is 2.39. The van der Waals surface area contributed by atoms with Crippen LogP contribution in [0.25, 0.3) is 0 Å². The molecule has 0 saturated carbocycles. The molecule has 0 fully saturated rings. The van der Waals surface area contributed by atoms with Gasteiger partial charge >= 0.3 is 0 Å². The van der Waals surface area contributed by atoms with Gasteiger partial charge in [0.15, 0.2) is 11.6 Å². The first kappa shape index (κ1) is 25.4. The summed E-state index contributed by atoms with van der Waals surface area (Å²) in [6.07, 6.45) is -0.304. The molecule has 0 radical (unpaired) electrons. The summed E-state index contributed by atoms with van der Waals surface area (Å²) in [5, 5.41) is 44.3. The second-order valence-corrected chi connectivity index (χ2v) is 8.14. The molecule has 0 saturated heterocycles. The summed E-state index contributed by atoms with van der Waals surface area (Å²) >= 11 is 0. The molecule has 32 heavy (non-hydrogen) atoms. The van der Waals surface area contributed by atoms with Crippen molar-refractivity contribution in [1.82, 2.24) is 0 Å². The van der Waals surface area contributed by atoms with Crippen molar-refractivity contribution in [3.8, 4) is 5.75 Å². The topological polar surface area (TPSA) is 180 Å². The number of aliphatic hydroxyl groups is 3. The Hall–Kier alpha value is -2.82. The van der Waals surface area contributed by atoms with Crippen LogP contribution in [0.15, 0.2) is 17.3 Å². The Balaban J connectivity index is 2.40. The molecule has 0 aromatic heterocycles. The Bertz CT molecular complexity index is 913. The number of benzene rings is 1. The normalized spacial score (nSPS) is 19.1. The summed E-state index contributed by atoms with van der Waals surface area (Å²) in [5.74, 6) is -3.61. The van der Waals surface area contributed by atoms with Crippen LogP contribution < -0.4 is 5.73 Å². The van der Waals surface area contributed by atoms with Crippen LogP contribution in [0.2, 0.25) is 0 Å². The van der Waals surface area contributed by atoms with E-state index in [2.05, 4.69) is 5.16 Å². The molecular weight excluding hydrogens is 420 g/mol. The van der Waals surface area contributed by atoms with Gasteiger partial charge in [-0.15, -0.1) is 0 Å². The van der Waals surface area contributed by atoms with Gasteiger partial charge in [-0.1, -0.05) is 5.16 Å². The van der Waals surface area contributed by atoms with Crippen molar-refractivity contribution in [1.29, 1.82) is 0 Å². The first-order chi connectivity index (χ1) is 15.1. The highest BCUT2D eigenvalue weighted by atomic mass is 16.6. The molecule has 10 heteroatoms. The highest BCUT2D eigenvalue weighted by Gasteiger charge is 2.45. The molecule has 10 nitrogen and oxygen atoms in total. The molecule has 1 amide bonds. The number of primary amides is 1. The first-order valence-electron chi connectivity index (χ1n) is 10.3. The van der Waals surface area contributed by atoms with E-state index in [-0.39, 0.29) is 48.9 Å². The quantitative estimate of drug-likeness (QED) is 0.178. The lowest BCUT2D eigenvalue weighted by atomic mass is 9.71. The molecule has 0 heterocycles. The first-order valence-corrected chi connectivity index (χ1v) is 10.3. The average Bonchev–Trinajstić information content (AvgIpc) is 2.72. The van der Waals surface area contributed by atoms with Crippen LogP contribution in [0.5, 0.6) is 5.75 Å². The van der Waals surface area contributed by atoms with E-state index in [1.54, 1.807) is 13.0 Å². The van der Waals surface area contributed by atoms with Gasteiger partial charge in [0.2, 0.25) is 5.91 Å². The predicted molar refractivity (Wildman–Crippen MR) is 114 cm³/mol. The molecular formula is C22H30N2O8. The summed E-state index contributed by atoms with van der Waals surface area (Å²) in [4.78, 5) is 41.3. The van der Waals surface area contributed by atoms with Crippen LogP contribution in [-0.4, -0.2) is 69.5 Å². The number of phenolic OH excluding ortho intramolecular Hbond substituents is 1. The van der Waals surface area contributed by atoms with E-state index in [0.717, 1.165) is 0 Å². The Kier molecular flexibility index (Phi) is 8.48. The van der Waals surface area contributed by atoms with Crippen molar-refractivity contribution in [3.05, 3.63) is 28.8 Å². The zero-order chi connectivity index (χ0) is 24.1. The molecule has 1 aromatic rings. The number of aliphatic hydroxyl groups excluding tert-OH is 2. The number of amides is 1. The third-order valence-corrected chi connectivity index (χ3v) is 5.98. The number of rotatable bonds is 11. The van der Waals surface area contributed by atoms with Gasteiger partial charge in [0.05, 0.1) is 24.3 Å². The summed E-state index contributed by atoms with van der Waals surface area (Å²) < 4.78 is 0. The maximum atomic E-state index is 12.9. The maximum Gasteiger partial charge on any atom is 0.224 e. The Morgan fingerprint density at radius 3 is 2.56 bits per heavy atom. The number of hydrogen-bond donors (Lipinski definition) is 5. The molecule has 1 aliphatic carbocycles. The summed E-state index contributed by atoms with van der Waals surface area (Å²) in [5.41, 5.74) is 4.69. The third kappa shape index (κ3) is 5.32. The van der Waals surface area contributed by atoms with E-state index in [1.165, 1.54) is 13.2 Å². The van der Waals surface area contributed by atoms with Crippen LogP contribution in [0, 0.1) is 11.8 Å². The number of hydrogen-bond acceptors (Lipinski definition) is 9. The molecule has 176 valence electrons. The van der Waals surface area contributed by atoms with Crippen molar-refractivity contribution in [2.24, 2.45) is 22.7 Å². The van der Waals surface area contributed by atoms with E-state index in [4.69, 9.17) is 10.6 Å². The lowest BCUT2D eigenvalue weighted by Crippen LogP contribution is -2.51.